The summed E-state index contributed by atoms with van der Waals surface area (Å²) >= 11 is 0. The van der Waals surface area contributed by atoms with Gasteiger partial charge in [-0.25, -0.2) is 0 Å². The Kier molecular flexibility index (Phi) is 12.6. The van der Waals surface area contributed by atoms with E-state index in [0.717, 1.165) is 13.0 Å². The smallest absolute Gasteiger partial charge is 0.0873 e. The van der Waals surface area contributed by atoms with E-state index in [1.54, 1.807) is 0 Å². The largest absolute Gasteiger partial charge is 0.502 e. The molecule has 0 heterocycles. The van der Waals surface area contributed by atoms with Gasteiger partial charge in [0.2, 0.25) is 0 Å². The van der Waals surface area contributed by atoms with E-state index in [9.17, 15) is 0 Å². The fourth-order valence-electron chi connectivity index (χ4n) is 1.34. The molecule has 0 aromatic rings. The maximum Gasteiger partial charge on any atom is 0.0873 e. The van der Waals surface area contributed by atoms with Crippen LogP contribution in [0.4, 0.5) is 0 Å². The number of hydrogen-bond acceptors (Lipinski definition) is 1. The summed E-state index contributed by atoms with van der Waals surface area (Å²) in [7, 11) is 0. The van der Waals surface area contributed by atoms with E-state index in [1.165, 1.54) is 38.5 Å². The molecule has 0 aliphatic carbocycles. The number of ether oxygens (including phenoxy) is 1. The van der Waals surface area contributed by atoms with Gasteiger partial charge in [-0.3, -0.25) is 0 Å². The molecule has 0 saturated heterocycles. The highest BCUT2D eigenvalue weighted by molar-refractivity contribution is 4.79. The van der Waals surface area contributed by atoms with Gasteiger partial charge in [0, 0.05) is 0 Å². The molecule has 1 nitrogen and oxygen atoms in total. The Balaban J connectivity index is 3.03. The highest BCUT2D eigenvalue weighted by Crippen LogP contribution is 2.00. The Labute approximate surface area is 95.2 Å². The van der Waals surface area contributed by atoms with Crippen molar-refractivity contribution in [1.29, 1.82) is 0 Å². The molecule has 0 bridgehead atoms. The molecule has 0 fully saturated rings. The zero-order valence-corrected chi connectivity index (χ0v) is 10.4. The molecule has 0 N–H and O–H groups in total. The summed E-state index contributed by atoms with van der Waals surface area (Å²) < 4.78 is 5.39. The summed E-state index contributed by atoms with van der Waals surface area (Å²) in [5.41, 5.74) is 0. The lowest BCUT2D eigenvalue weighted by molar-refractivity contribution is 0.240. The molecule has 15 heavy (non-hydrogen) atoms. The number of hydrogen-bond donors (Lipinski definition) is 0. The second-order valence-corrected chi connectivity index (χ2v) is 3.80. The van der Waals surface area contributed by atoms with Crippen molar-refractivity contribution in [2.45, 2.75) is 58.8 Å². The van der Waals surface area contributed by atoms with Gasteiger partial charge in [-0.15, -0.1) is 0 Å². The van der Waals surface area contributed by atoms with Crippen LogP contribution in [0, 0.1) is 0 Å². The maximum atomic E-state index is 5.39. The molecule has 0 aliphatic heterocycles. The molecule has 0 rings (SSSR count). The highest BCUT2D eigenvalue weighted by atomic mass is 16.5. The fourth-order valence-corrected chi connectivity index (χ4v) is 1.34. The third-order valence-electron chi connectivity index (χ3n) is 2.29. The van der Waals surface area contributed by atoms with Crippen LogP contribution in [0.1, 0.15) is 58.8 Å². The Morgan fingerprint density at radius 2 is 1.73 bits per heavy atom. The summed E-state index contributed by atoms with van der Waals surface area (Å²) in [6, 6.07) is 0. The van der Waals surface area contributed by atoms with Gasteiger partial charge >= 0.3 is 0 Å². The first-order valence-corrected chi connectivity index (χ1v) is 6.29. The monoisotopic (exact) mass is 210 g/mol. The Hall–Kier alpha value is -0.720. The Bertz CT molecular complexity index is 159. The molecule has 0 spiro atoms. The number of unbranched alkanes of at least 4 members (excludes halogenated alkanes) is 5. The van der Waals surface area contributed by atoms with Crippen molar-refractivity contribution in [3.05, 3.63) is 24.5 Å². The maximum absolute atomic E-state index is 5.39. The standard InChI is InChI=1S/C14H26O/c1-3-5-7-9-10-12-14-15-13-11-8-6-4-2/h3,5,12,14H,4,6-11,13H2,1-2H3. The first-order valence-electron chi connectivity index (χ1n) is 6.29. The Morgan fingerprint density at radius 1 is 0.933 bits per heavy atom. The molecular formula is C14H26O. The molecule has 88 valence electrons. The van der Waals surface area contributed by atoms with Gasteiger partial charge in [0.25, 0.3) is 0 Å². The molecule has 0 radical (unpaired) electrons. The topological polar surface area (TPSA) is 9.23 Å². The zero-order valence-electron chi connectivity index (χ0n) is 10.4. The van der Waals surface area contributed by atoms with Crippen LogP contribution < -0.4 is 0 Å². The summed E-state index contributed by atoms with van der Waals surface area (Å²) in [5.74, 6) is 0. The molecule has 0 aromatic heterocycles. The predicted octanol–water partition coefficient (Wildman–Crippen LogP) is 4.84. The summed E-state index contributed by atoms with van der Waals surface area (Å²) in [5, 5.41) is 0. The van der Waals surface area contributed by atoms with Crippen molar-refractivity contribution in [2.75, 3.05) is 6.61 Å². The summed E-state index contributed by atoms with van der Waals surface area (Å²) in [6.45, 7) is 5.17. The van der Waals surface area contributed by atoms with Crippen LogP contribution in [-0.4, -0.2) is 6.61 Å². The minimum Gasteiger partial charge on any atom is -0.502 e. The van der Waals surface area contributed by atoms with Crippen LogP contribution in [0.2, 0.25) is 0 Å². The average molecular weight is 210 g/mol. The van der Waals surface area contributed by atoms with Crippen LogP contribution in [0.3, 0.4) is 0 Å². The van der Waals surface area contributed by atoms with Crippen molar-refractivity contribution in [3.63, 3.8) is 0 Å². The molecule has 1 heteroatoms. The minimum atomic E-state index is 0.880. The molecule has 0 aliphatic rings. The lowest BCUT2D eigenvalue weighted by Gasteiger charge is -1.99. The normalized spacial score (nSPS) is 11.6. The van der Waals surface area contributed by atoms with E-state index in [4.69, 9.17) is 4.74 Å². The van der Waals surface area contributed by atoms with Crippen molar-refractivity contribution < 1.29 is 4.74 Å². The van der Waals surface area contributed by atoms with Gasteiger partial charge in [0.15, 0.2) is 0 Å². The first-order chi connectivity index (χ1) is 7.41. The second-order valence-electron chi connectivity index (χ2n) is 3.80. The third-order valence-corrected chi connectivity index (χ3v) is 2.29. The quantitative estimate of drug-likeness (QED) is 0.285. The minimum absolute atomic E-state index is 0.880. The molecule has 0 unspecified atom stereocenters. The summed E-state index contributed by atoms with van der Waals surface area (Å²) in [4.78, 5) is 0. The highest BCUT2D eigenvalue weighted by Gasteiger charge is 1.86. The van der Waals surface area contributed by atoms with Gasteiger partial charge in [-0.2, -0.15) is 0 Å². The van der Waals surface area contributed by atoms with Crippen LogP contribution in [0.5, 0.6) is 0 Å². The fraction of sp³-hybridized carbons (Fsp3) is 0.714. The van der Waals surface area contributed by atoms with E-state index < -0.39 is 0 Å². The van der Waals surface area contributed by atoms with Crippen molar-refractivity contribution in [2.24, 2.45) is 0 Å². The van der Waals surface area contributed by atoms with Gasteiger partial charge in [-0.1, -0.05) is 38.3 Å². The molecule has 0 amide bonds. The van der Waals surface area contributed by atoms with Crippen molar-refractivity contribution in [3.8, 4) is 0 Å². The average Bonchev–Trinajstić information content (AvgIpc) is 2.26. The van der Waals surface area contributed by atoms with E-state index >= 15 is 0 Å². The molecule has 0 aromatic carbocycles. The van der Waals surface area contributed by atoms with Crippen LogP contribution in [-0.2, 0) is 4.74 Å². The van der Waals surface area contributed by atoms with Crippen LogP contribution in [0.25, 0.3) is 0 Å². The van der Waals surface area contributed by atoms with E-state index in [1.807, 2.05) is 6.26 Å². The second kappa shape index (κ2) is 13.3. The van der Waals surface area contributed by atoms with Gasteiger partial charge in [0.05, 0.1) is 12.9 Å². The van der Waals surface area contributed by atoms with Crippen LogP contribution in [0.15, 0.2) is 24.5 Å². The van der Waals surface area contributed by atoms with E-state index in [2.05, 4.69) is 32.1 Å². The molecule has 0 saturated carbocycles. The number of rotatable bonds is 10. The predicted molar refractivity (Wildman–Crippen MR) is 67.9 cm³/mol. The Morgan fingerprint density at radius 3 is 2.47 bits per heavy atom. The SMILES string of the molecule is CC=CCCCC=COCCCCCC. The van der Waals surface area contributed by atoms with Gasteiger partial charge < -0.3 is 4.74 Å². The van der Waals surface area contributed by atoms with E-state index in [-0.39, 0.29) is 0 Å². The van der Waals surface area contributed by atoms with Crippen molar-refractivity contribution in [1.82, 2.24) is 0 Å². The van der Waals surface area contributed by atoms with Gasteiger partial charge in [-0.05, 0) is 38.7 Å². The third kappa shape index (κ3) is 13.3. The summed E-state index contributed by atoms with van der Waals surface area (Å²) in [6.07, 6.45) is 16.9. The first kappa shape index (κ1) is 14.3. The van der Waals surface area contributed by atoms with Crippen LogP contribution >= 0.6 is 0 Å². The molecule has 0 atom stereocenters. The zero-order chi connectivity index (χ0) is 11.2. The molecular weight excluding hydrogens is 184 g/mol. The van der Waals surface area contributed by atoms with Gasteiger partial charge in [0.1, 0.15) is 0 Å². The van der Waals surface area contributed by atoms with E-state index in [0.29, 0.717) is 0 Å². The lowest BCUT2D eigenvalue weighted by atomic mass is 10.2. The van der Waals surface area contributed by atoms with Crippen molar-refractivity contribution >= 4 is 0 Å². The lowest BCUT2D eigenvalue weighted by Crippen LogP contribution is -1.87. The number of allylic oxidation sites excluding steroid dienone is 3.